The molecule has 0 aromatic heterocycles. The van der Waals surface area contributed by atoms with Crippen molar-refractivity contribution in [2.45, 2.75) is 103 Å². The highest BCUT2D eigenvalue weighted by atomic mass is 35.5. The lowest BCUT2D eigenvalue weighted by Crippen LogP contribution is -2.56. The van der Waals surface area contributed by atoms with Gasteiger partial charge in [0.05, 0.1) is 20.1 Å². The molecule has 1 saturated carbocycles. The Morgan fingerprint density at radius 2 is 1.17 bits per heavy atom. The fourth-order valence-electron chi connectivity index (χ4n) is 5.52. The SMILES string of the molecule is CC(C)(C1(F)CCN(Cl)CC1)S(=O)(=O)c1cccc(F)c1.CC(C)(C1(O)CCCCC1)S(=O)(=O)c1cccc(F)c1.Cl. The van der Waals surface area contributed by atoms with Crippen LogP contribution in [0.2, 0.25) is 0 Å². The summed E-state index contributed by atoms with van der Waals surface area (Å²) in [7, 11) is -7.82. The lowest BCUT2D eigenvalue weighted by atomic mass is 9.76. The number of alkyl halides is 1. The van der Waals surface area contributed by atoms with E-state index in [0.717, 1.165) is 37.5 Å². The second-order valence-electron chi connectivity index (χ2n) is 11.9. The van der Waals surface area contributed by atoms with E-state index in [9.17, 15) is 30.7 Å². The van der Waals surface area contributed by atoms with E-state index in [1.165, 1.54) is 48.6 Å². The van der Waals surface area contributed by atoms with E-state index in [-0.39, 0.29) is 48.1 Å². The van der Waals surface area contributed by atoms with Gasteiger partial charge in [-0.05, 0) is 102 Å². The first kappa shape index (κ1) is 36.8. The van der Waals surface area contributed by atoms with Crippen LogP contribution in [-0.2, 0) is 19.7 Å². The molecule has 42 heavy (non-hydrogen) atoms. The van der Waals surface area contributed by atoms with Crippen LogP contribution in [0.25, 0.3) is 0 Å². The fraction of sp³-hybridized carbons (Fsp3) is 0.586. The molecule has 13 heteroatoms. The summed E-state index contributed by atoms with van der Waals surface area (Å²) in [6.07, 6.45) is 3.63. The van der Waals surface area contributed by atoms with Gasteiger partial charge in [-0.2, -0.15) is 0 Å². The van der Waals surface area contributed by atoms with Crippen molar-refractivity contribution >= 4 is 43.9 Å². The van der Waals surface area contributed by atoms with E-state index < -0.39 is 52.1 Å². The number of sulfone groups is 2. The predicted molar refractivity (Wildman–Crippen MR) is 161 cm³/mol. The predicted octanol–water partition coefficient (Wildman–Crippen LogP) is 6.83. The minimum atomic E-state index is -4.01. The molecule has 0 amide bonds. The normalized spacial score (nSPS) is 19.6. The van der Waals surface area contributed by atoms with Crippen molar-refractivity contribution in [3.8, 4) is 0 Å². The van der Waals surface area contributed by atoms with Gasteiger partial charge in [0.1, 0.15) is 22.1 Å². The summed E-state index contributed by atoms with van der Waals surface area (Å²) in [5.41, 5.74) is -3.15. The van der Waals surface area contributed by atoms with Gasteiger partial charge in [-0.25, -0.2) is 34.4 Å². The Hall–Kier alpha value is -1.37. The molecular weight excluding hydrogens is 634 g/mol. The van der Waals surface area contributed by atoms with Crippen LogP contribution in [0.4, 0.5) is 13.2 Å². The van der Waals surface area contributed by atoms with Crippen molar-refractivity contribution < 1.29 is 35.1 Å². The molecule has 2 fully saturated rings. The lowest BCUT2D eigenvalue weighted by Gasteiger charge is -2.44. The van der Waals surface area contributed by atoms with Gasteiger partial charge in [0.2, 0.25) is 0 Å². The van der Waals surface area contributed by atoms with Gasteiger partial charge in [0.25, 0.3) is 0 Å². The first-order valence-electron chi connectivity index (χ1n) is 13.6. The molecule has 2 aromatic rings. The second kappa shape index (κ2) is 13.3. The molecule has 6 nitrogen and oxygen atoms in total. The maximum atomic E-state index is 15.2. The average Bonchev–Trinajstić information content (AvgIpc) is 2.91. The number of aliphatic hydroxyl groups is 1. The topological polar surface area (TPSA) is 91.8 Å². The van der Waals surface area contributed by atoms with Gasteiger partial charge in [-0.3, -0.25) is 0 Å². The molecule has 238 valence electrons. The van der Waals surface area contributed by atoms with Crippen molar-refractivity contribution in [3.63, 3.8) is 0 Å². The Morgan fingerprint density at radius 3 is 1.57 bits per heavy atom. The molecule has 0 radical (unpaired) electrons. The highest BCUT2D eigenvalue weighted by Crippen LogP contribution is 2.45. The second-order valence-corrected chi connectivity index (χ2v) is 17.4. The lowest BCUT2D eigenvalue weighted by molar-refractivity contribution is -0.0252. The summed E-state index contributed by atoms with van der Waals surface area (Å²) in [4.78, 5) is -0.265. The molecule has 1 aliphatic heterocycles. The van der Waals surface area contributed by atoms with Crippen LogP contribution < -0.4 is 0 Å². The van der Waals surface area contributed by atoms with Crippen LogP contribution in [-0.4, -0.2) is 60.2 Å². The zero-order chi connectivity index (χ0) is 30.9. The molecule has 1 saturated heterocycles. The van der Waals surface area contributed by atoms with Crippen LogP contribution in [0, 0.1) is 11.6 Å². The Bertz CT molecular complexity index is 1440. The third kappa shape index (κ3) is 6.96. The molecular formula is C29H40Cl2F3NO5S2. The number of benzene rings is 2. The van der Waals surface area contributed by atoms with Crippen LogP contribution in [0.1, 0.15) is 72.6 Å². The van der Waals surface area contributed by atoms with Crippen molar-refractivity contribution in [1.82, 2.24) is 4.42 Å². The molecule has 2 aromatic carbocycles. The van der Waals surface area contributed by atoms with Crippen LogP contribution in [0.5, 0.6) is 0 Å². The number of halogens is 5. The highest BCUT2D eigenvalue weighted by Gasteiger charge is 2.56. The molecule has 2 aliphatic rings. The van der Waals surface area contributed by atoms with Gasteiger partial charge in [0, 0.05) is 13.1 Å². The Balaban J connectivity index is 0.000000287. The molecule has 0 spiro atoms. The first-order chi connectivity index (χ1) is 18.8. The largest absolute Gasteiger partial charge is 0.388 e. The maximum Gasteiger partial charge on any atom is 0.186 e. The molecule has 0 unspecified atom stereocenters. The van der Waals surface area contributed by atoms with E-state index in [4.69, 9.17) is 11.8 Å². The Morgan fingerprint density at radius 1 is 0.762 bits per heavy atom. The first-order valence-corrected chi connectivity index (χ1v) is 16.9. The average molecular weight is 675 g/mol. The summed E-state index contributed by atoms with van der Waals surface area (Å²) in [6, 6.07) is 9.67. The summed E-state index contributed by atoms with van der Waals surface area (Å²) in [6.45, 7) is 6.35. The highest BCUT2D eigenvalue weighted by molar-refractivity contribution is 7.93. The van der Waals surface area contributed by atoms with Gasteiger partial charge in [-0.1, -0.05) is 31.4 Å². The third-order valence-electron chi connectivity index (χ3n) is 8.94. The van der Waals surface area contributed by atoms with E-state index in [1.807, 2.05) is 0 Å². The number of hydrogen-bond acceptors (Lipinski definition) is 6. The quantitative estimate of drug-likeness (QED) is 0.338. The van der Waals surface area contributed by atoms with Crippen LogP contribution in [0.15, 0.2) is 58.3 Å². The molecule has 0 bridgehead atoms. The molecule has 1 N–H and O–H groups in total. The van der Waals surface area contributed by atoms with Crippen LogP contribution in [0.3, 0.4) is 0 Å². The van der Waals surface area contributed by atoms with E-state index in [0.29, 0.717) is 12.8 Å². The minimum Gasteiger partial charge on any atom is -0.388 e. The van der Waals surface area contributed by atoms with Crippen LogP contribution >= 0.6 is 24.2 Å². The van der Waals surface area contributed by atoms with Crippen molar-refractivity contribution in [3.05, 3.63) is 60.2 Å². The van der Waals surface area contributed by atoms with Gasteiger partial charge < -0.3 is 5.11 Å². The summed E-state index contributed by atoms with van der Waals surface area (Å²) in [5.74, 6) is -1.24. The summed E-state index contributed by atoms with van der Waals surface area (Å²) >= 11 is 5.81. The van der Waals surface area contributed by atoms with Gasteiger partial charge in [-0.15, -0.1) is 12.4 Å². The number of hydrogen-bond donors (Lipinski definition) is 1. The Labute approximate surface area is 259 Å². The number of rotatable bonds is 6. The maximum absolute atomic E-state index is 15.2. The molecule has 0 atom stereocenters. The molecule has 1 heterocycles. The van der Waals surface area contributed by atoms with Crippen molar-refractivity contribution in [2.24, 2.45) is 0 Å². The van der Waals surface area contributed by atoms with Gasteiger partial charge in [0.15, 0.2) is 19.7 Å². The van der Waals surface area contributed by atoms with E-state index in [1.54, 1.807) is 13.8 Å². The minimum absolute atomic E-state index is 0. The Kier molecular flexibility index (Phi) is 11.7. The molecule has 4 rings (SSSR count). The smallest absolute Gasteiger partial charge is 0.186 e. The van der Waals surface area contributed by atoms with Crippen molar-refractivity contribution in [1.29, 1.82) is 0 Å². The van der Waals surface area contributed by atoms with E-state index >= 15 is 4.39 Å². The monoisotopic (exact) mass is 673 g/mol. The zero-order valence-electron chi connectivity index (χ0n) is 24.2. The summed E-state index contributed by atoms with van der Waals surface area (Å²) < 4.78 is 91.3. The summed E-state index contributed by atoms with van der Waals surface area (Å²) in [5, 5.41) is 10.8. The fourth-order valence-corrected chi connectivity index (χ4v) is 9.31. The standard InChI is InChI=1S/C15H21FO3S.C14H18ClF2NO2S.ClH/c1-14(2,15(17)9-4-3-5-10-15)20(18,19)13-8-6-7-12(16)11-13;1-13(2,14(17)6-8-18(15)9-7-14)21(19,20)12-5-3-4-11(16)10-12;/h6-8,11,17H,3-5,9-10H2,1-2H3;3-5,10H,6-9H2,1-2H3;1H. The van der Waals surface area contributed by atoms with E-state index in [2.05, 4.69) is 0 Å². The zero-order valence-corrected chi connectivity index (χ0v) is 27.5. The van der Waals surface area contributed by atoms with Crippen molar-refractivity contribution in [2.75, 3.05) is 13.1 Å². The van der Waals surface area contributed by atoms with Gasteiger partial charge >= 0.3 is 0 Å². The number of nitrogens with zero attached hydrogens (tertiary/aromatic N) is 1. The third-order valence-corrected chi connectivity index (χ3v) is 14.5. The molecule has 1 aliphatic carbocycles. The number of piperidine rings is 1.